The molecule has 1 atom stereocenters. The molecule has 0 spiro atoms. The molecule has 12 heteroatoms. The highest BCUT2D eigenvalue weighted by atomic mass is 35.5. The number of benzene rings is 2. The maximum atomic E-state index is 12.2. The number of anilines is 2. The standard InChI is InChI=1S/C26H28ClN7O4/c27-21-23(29)33-22(28)20(32-21)24(35)34-26(30)31-10-2-1-3-14-4-6-15(7-5-14)16-8-9-17-12-19(25(36)37)38-13-18(17)11-16/h4-9,11,19H,1-3,10,12-13H2,(H,36,37)(H4,28,29,33)(H3,30,31,34,35). The van der Waals surface area contributed by atoms with Crippen LogP contribution in [-0.2, 0) is 29.0 Å². The Morgan fingerprint density at radius 1 is 1.05 bits per heavy atom. The van der Waals surface area contributed by atoms with Crippen molar-refractivity contribution in [2.75, 3.05) is 18.0 Å². The lowest BCUT2D eigenvalue weighted by Crippen LogP contribution is -2.41. The minimum Gasteiger partial charge on any atom is -0.479 e. The van der Waals surface area contributed by atoms with Gasteiger partial charge in [0, 0.05) is 13.0 Å². The van der Waals surface area contributed by atoms with Crippen LogP contribution in [-0.4, -0.2) is 45.6 Å². The first-order chi connectivity index (χ1) is 18.2. The van der Waals surface area contributed by atoms with Crippen molar-refractivity contribution in [2.45, 2.75) is 38.4 Å². The molecule has 198 valence electrons. The smallest absolute Gasteiger partial charge is 0.333 e. The molecule has 3 aromatic rings. The second kappa shape index (κ2) is 11.9. The third-order valence-corrected chi connectivity index (χ3v) is 6.44. The number of nitrogen functional groups attached to an aromatic ring is 2. The Balaban J connectivity index is 1.20. The van der Waals surface area contributed by atoms with E-state index in [4.69, 9.17) is 38.3 Å². The number of rotatable bonds is 8. The average Bonchev–Trinajstić information content (AvgIpc) is 2.90. The number of halogens is 1. The molecule has 1 amide bonds. The van der Waals surface area contributed by atoms with Crippen LogP contribution in [0.25, 0.3) is 11.1 Å². The molecule has 38 heavy (non-hydrogen) atoms. The van der Waals surface area contributed by atoms with Crippen LogP contribution in [0.15, 0.2) is 42.5 Å². The number of carboxylic acids is 1. The van der Waals surface area contributed by atoms with Gasteiger partial charge in [0.2, 0.25) is 0 Å². The van der Waals surface area contributed by atoms with E-state index in [1.165, 1.54) is 5.56 Å². The second-order valence-electron chi connectivity index (χ2n) is 8.87. The number of guanidine groups is 1. The van der Waals surface area contributed by atoms with Crippen molar-refractivity contribution >= 4 is 41.1 Å². The first kappa shape index (κ1) is 26.8. The molecule has 0 aliphatic carbocycles. The fourth-order valence-electron chi connectivity index (χ4n) is 4.10. The van der Waals surface area contributed by atoms with Crippen LogP contribution in [0.5, 0.6) is 0 Å². The summed E-state index contributed by atoms with van der Waals surface area (Å²) in [6, 6.07) is 14.4. The van der Waals surface area contributed by atoms with Gasteiger partial charge < -0.3 is 26.6 Å². The quantitative estimate of drug-likeness (QED) is 0.142. The summed E-state index contributed by atoms with van der Waals surface area (Å²) in [6.45, 7) is 0.798. The Morgan fingerprint density at radius 2 is 1.79 bits per heavy atom. The van der Waals surface area contributed by atoms with E-state index < -0.39 is 18.0 Å². The van der Waals surface area contributed by atoms with Gasteiger partial charge in [-0.2, -0.15) is 0 Å². The lowest BCUT2D eigenvalue weighted by molar-refractivity contribution is -0.152. The van der Waals surface area contributed by atoms with E-state index >= 15 is 0 Å². The van der Waals surface area contributed by atoms with Crippen molar-refractivity contribution in [3.8, 4) is 11.1 Å². The highest BCUT2D eigenvalue weighted by Crippen LogP contribution is 2.28. The monoisotopic (exact) mass is 537 g/mol. The molecule has 0 saturated carbocycles. The van der Waals surface area contributed by atoms with Crippen molar-refractivity contribution < 1.29 is 19.4 Å². The Hall–Kier alpha value is -4.22. The van der Waals surface area contributed by atoms with Crippen LogP contribution in [0.2, 0.25) is 5.15 Å². The van der Waals surface area contributed by atoms with Gasteiger partial charge in [0.25, 0.3) is 5.91 Å². The number of nitrogens with two attached hydrogens (primary N) is 2. The summed E-state index contributed by atoms with van der Waals surface area (Å²) < 4.78 is 5.45. The molecule has 0 bridgehead atoms. The molecule has 0 saturated heterocycles. The molecule has 0 radical (unpaired) electrons. The van der Waals surface area contributed by atoms with Crippen molar-refractivity contribution in [1.29, 1.82) is 5.41 Å². The van der Waals surface area contributed by atoms with Gasteiger partial charge in [-0.3, -0.25) is 15.5 Å². The topological polar surface area (TPSA) is 189 Å². The number of hydrogen-bond acceptors (Lipinski definition) is 8. The predicted molar refractivity (Wildman–Crippen MR) is 144 cm³/mol. The van der Waals surface area contributed by atoms with Gasteiger partial charge in [0.15, 0.2) is 34.5 Å². The first-order valence-electron chi connectivity index (χ1n) is 12.0. The van der Waals surface area contributed by atoms with Gasteiger partial charge >= 0.3 is 5.97 Å². The van der Waals surface area contributed by atoms with Gasteiger partial charge in [-0.25, -0.2) is 14.8 Å². The third-order valence-electron chi connectivity index (χ3n) is 6.17. The number of hydrogen-bond donors (Lipinski definition) is 6. The highest BCUT2D eigenvalue weighted by Gasteiger charge is 2.25. The van der Waals surface area contributed by atoms with E-state index in [0.717, 1.165) is 41.5 Å². The van der Waals surface area contributed by atoms with Crippen LogP contribution in [0, 0.1) is 5.41 Å². The average molecular weight is 538 g/mol. The Morgan fingerprint density at radius 3 is 2.53 bits per heavy atom. The maximum absolute atomic E-state index is 12.2. The Labute approximate surface area is 224 Å². The van der Waals surface area contributed by atoms with Crippen LogP contribution in [0.3, 0.4) is 0 Å². The maximum Gasteiger partial charge on any atom is 0.333 e. The summed E-state index contributed by atoms with van der Waals surface area (Å²) in [4.78, 5) is 31.0. The molecule has 0 fully saturated rings. The molecule has 11 nitrogen and oxygen atoms in total. The Kier molecular flexibility index (Phi) is 8.39. The SMILES string of the molecule is N=C(NCCCCc1ccc(-c2ccc3c(c2)COC(C(=O)O)C3)cc1)NC(=O)c1nc(Cl)c(N)nc1N. The number of nitrogens with zero attached hydrogens (tertiary/aromatic N) is 2. The minimum atomic E-state index is -0.933. The van der Waals surface area contributed by atoms with Gasteiger partial charge in [0.05, 0.1) is 6.61 Å². The number of nitrogens with one attached hydrogen (secondary N) is 3. The van der Waals surface area contributed by atoms with Crippen molar-refractivity contribution in [3.05, 3.63) is 70.0 Å². The number of amides is 1. The highest BCUT2D eigenvalue weighted by molar-refractivity contribution is 6.31. The fraction of sp³-hybridized carbons (Fsp3) is 0.269. The molecular formula is C26H28ClN7O4. The summed E-state index contributed by atoms with van der Waals surface area (Å²) in [5.74, 6) is -2.06. The first-order valence-corrected chi connectivity index (χ1v) is 12.4. The van der Waals surface area contributed by atoms with E-state index in [1.807, 2.05) is 12.1 Å². The molecule has 8 N–H and O–H groups in total. The molecule has 1 unspecified atom stereocenters. The third kappa shape index (κ3) is 6.55. The lowest BCUT2D eigenvalue weighted by atomic mass is 9.94. The zero-order chi connectivity index (χ0) is 27.2. The van der Waals surface area contributed by atoms with Crippen LogP contribution in [0.1, 0.15) is 40.0 Å². The van der Waals surface area contributed by atoms with E-state index in [-0.39, 0.29) is 28.4 Å². The number of aryl methyl sites for hydroxylation is 1. The number of carbonyl (C=O) groups excluding carboxylic acids is 1. The number of ether oxygens (including phenoxy) is 1. The van der Waals surface area contributed by atoms with Crippen LogP contribution >= 0.6 is 11.6 Å². The van der Waals surface area contributed by atoms with Gasteiger partial charge in [-0.1, -0.05) is 48.0 Å². The predicted octanol–water partition coefficient (Wildman–Crippen LogP) is 2.76. The molecule has 2 heterocycles. The van der Waals surface area contributed by atoms with Gasteiger partial charge in [-0.15, -0.1) is 0 Å². The fourth-order valence-corrected chi connectivity index (χ4v) is 4.23. The molecule has 4 rings (SSSR count). The molecule has 2 aromatic carbocycles. The number of aromatic nitrogens is 2. The Bertz CT molecular complexity index is 1360. The molecule has 1 aromatic heterocycles. The largest absolute Gasteiger partial charge is 0.479 e. The zero-order valence-corrected chi connectivity index (χ0v) is 21.2. The minimum absolute atomic E-state index is 0.0745. The number of unbranched alkanes of at least 4 members (excludes halogenated alkanes) is 1. The number of carboxylic acid groups (broad SMARTS) is 1. The summed E-state index contributed by atoms with van der Waals surface area (Å²) in [5.41, 5.74) is 16.3. The molecule has 1 aliphatic heterocycles. The molecular weight excluding hydrogens is 510 g/mol. The number of carbonyl (C=O) groups is 2. The summed E-state index contributed by atoms with van der Waals surface area (Å²) in [6.07, 6.45) is 2.14. The molecule has 1 aliphatic rings. The van der Waals surface area contributed by atoms with Gasteiger partial charge in [0.1, 0.15) is 0 Å². The van der Waals surface area contributed by atoms with Gasteiger partial charge in [-0.05, 0) is 53.1 Å². The van der Waals surface area contributed by atoms with Crippen molar-refractivity contribution in [2.24, 2.45) is 0 Å². The van der Waals surface area contributed by atoms with Crippen molar-refractivity contribution in [1.82, 2.24) is 20.6 Å². The number of aliphatic carboxylic acids is 1. The summed E-state index contributed by atoms with van der Waals surface area (Å²) in [5, 5.41) is 22.1. The zero-order valence-electron chi connectivity index (χ0n) is 20.5. The summed E-state index contributed by atoms with van der Waals surface area (Å²) in [7, 11) is 0. The lowest BCUT2D eigenvalue weighted by Gasteiger charge is -2.23. The second-order valence-corrected chi connectivity index (χ2v) is 9.23. The number of fused-ring (bicyclic) bond motifs is 1. The van der Waals surface area contributed by atoms with E-state index in [2.05, 4.69) is 50.9 Å². The van der Waals surface area contributed by atoms with Crippen LogP contribution < -0.4 is 22.1 Å². The summed E-state index contributed by atoms with van der Waals surface area (Å²) >= 11 is 5.79. The normalized spacial score (nSPS) is 14.4. The van der Waals surface area contributed by atoms with E-state index in [0.29, 0.717) is 19.6 Å². The van der Waals surface area contributed by atoms with Crippen molar-refractivity contribution in [3.63, 3.8) is 0 Å². The van der Waals surface area contributed by atoms with E-state index in [1.54, 1.807) is 0 Å². The van der Waals surface area contributed by atoms with Crippen LogP contribution in [0.4, 0.5) is 11.6 Å². The van der Waals surface area contributed by atoms with E-state index in [9.17, 15) is 9.59 Å².